The van der Waals surface area contributed by atoms with Gasteiger partial charge in [0.05, 0.1) is 0 Å². The lowest BCUT2D eigenvalue weighted by Crippen LogP contribution is -1.84. The molecule has 16 heavy (non-hydrogen) atoms. The Morgan fingerprint density at radius 1 is 1.31 bits per heavy atom. The number of halogens is 1. The van der Waals surface area contributed by atoms with Gasteiger partial charge in [-0.25, -0.2) is 0 Å². The summed E-state index contributed by atoms with van der Waals surface area (Å²) in [6.07, 6.45) is 10.3. The van der Waals surface area contributed by atoms with Gasteiger partial charge in [-0.15, -0.1) is 0 Å². The van der Waals surface area contributed by atoms with Crippen molar-refractivity contribution in [2.24, 2.45) is 0 Å². The predicted molar refractivity (Wildman–Crippen MR) is 68.1 cm³/mol. The molecule has 2 aromatic rings. The van der Waals surface area contributed by atoms with Gasteiger partial charge in [0, 0.05) is 16.7 Å². The van der Waals surface area contributed by atoms with Crippen LogP contribution >= 0.6 is 15.9 Å². The van der Waals surface area contributed by atoms with Crippen molar-refractivity contribution in [3.8, 4) is 0 Å². The fourth-order valence-electron chi connectivity index (χ4n) is 1.86. The van der Waals surface area contributed by atoms with Crippen molar-refractivity contribution in [2.75, 3.05) is 0 Å². The molecule has 2 nitrogen and oxygen atoms in total. The topological polar surface area (TPSA) is 26.0 Å². The first kappa shape index (κ1) is 9.85. The first-order valence-electron chi connectivity index (χ1n) is 5.24. The molecule has 0 saturated carbocycles. The summed E-state index contributed by atoms with van der Waals surface area (Å²) >= 11 is 3.39. The van der Waals surface area contributed by atoms with E-state index in [9.17, 15) is 0 Å². The van der Waals surface area contributed by atoms with Crippen LogP contribution in [0.2, 0.25) is 0 Å². The Morgan fingerprint density at radius 2 is 2.25 bits per heavy atom. The van der Waals surface area contributed by atoms with Gasteiger partial charge in [-0.2, -0.15) is 0 Å². The van der Waals surface area contributed by atoms with Crippen LogP contribution in [-0.2, 0) is 0 Å². The summed E-state index contributed by atoms with van der Waals surface area (Å²) in [5, 5.41) is 0. The highest BCUT2D eigenvalue weighted by atomic mass is 79.9. The number of hydrogen-bond donors (Lipinski definition) is 0. The molecule has 2 heterocycles. The zero-order valence-corrected chi connectivity index (χ0v) is 10.2. The third-order valence-electron chi connectivity index (χ3n) is 2.67. The van der Waals surface area contributed by atoms with Crippen molar-refractivity contribution in [2.45, 2.75) is 12.8 Å². The van der Waals surface area contributed by atoms with Crippen molar-refractivity contribution >= 4 is 32.6 Å². The molecule has 0 spiro atoms. The van der Waals surface area contributed by atoms with Gasteiger partial charge in [-0.3, -0.25) is 4.98 Å². The number of nitrogens with zero attached hydrogens (tertiary/aromatic N) is 1. The van der Waals surface area contributed by atoms with Crippen LogP contribution in [0.5, 0.6) is 0 Å². The monoisotopic (exact) mass is 275 g/mol. The number of pyridine rings is 1. The van der Waals surface area contributed by atoms with Gasteiger partial charge < -0.3 is 4.42 Å². The molecule has 0 aromatic carbocycles. The van der Waals surface area contributed by atoms with Crippen molar-refractivity contribution < 1.29 is 4.42 Å². The minimum absolute atomic E-state index is 0.833. The minimum Gasteiger partial charge on any atom is -0.455 e. The van der Waals surface area contributed by atoms with Crippen molar-refractivity contribution in [3.63, 3.8) is 0 Å². The molecule has 0 aliphatic heterocycles. The molecule has 0 saturated heterocycles. The molecule has 0 bridgehead atoms. The minimum atomic E-state index is 0.833. The summed E-state index contributed by atoms with van der Waals surface area (Å²) in [5.74, 6) is 0.935. The number of rotatable bonds is 1. The van der Waals surface area contributed by atoms with Gasteiger partial charge >= 0.3 is 0 Å². The van der Waals surface area contributed by atoms with Crippen LogP contribution in [0.25, 0.3) is 16.7 Å². The van der Waals surface area contributed by atoms with E-state index in [1.54, 1.807) is 6.20 Å². The van der Waals surface area contributed by atoms with E-state index in [2.05, 4.69) is 39.1 Å². The SMILES string of the molecule is Brc1cnc2cc(C3=CC=CCC3)oc2c1. The first-order valence-corrected chi connectivity index (χ1v) is 6.03. The van der Waals surface area contributed by atoms with Gasteiger partial charge in [-0.05, 0) is 40.4 Å². The highest BCUT2D eigenvalue weighted by molar-refractivity contribution is 9.10. The third-order valence-corrected chi connectivity index (χ3v) is 3.10. The van der Waals surface area contributed by atoms with E-state index < -0.39 is 0 Å². The van der Waals surface area contributed by atoms with E-state index in [1.165, 1.54) is 5.57 Å². The first-order chi connectivity index (χ1) is 7.83. The second kappa shape index (κ2) is 3.91. The Labute approximate surface area is 102 Å². The molecular formula is C13H10BrNO. The number of aromatic nitrogens is 1. The summed E-state index contributed by atoms with van der Waals surface area (Å²) in [6.45, 7) is 0. The molecule has 0 unspecified atom stereocenters. The summed E-state index contributed by atoms with van der Waals surface area (Å²) in [6, 6.07) is 3.96. The largest absolute Gasteiger partial charge is 0.455 e. The molecule has 0 N–H and O–H groups in total. The van der Waals surface area contributed by atoms with E-state index >= 15 is 0 Å². The van der Waals surface area contributed by atoms with Crippen molar-refractivity contribution in [1.82, 2.24) is 4.98 Å². The maximum Gasteiger partial charge on any atom is 0.154 e. The Balaban J connectivity index is 2.11. The lowest BCUT2D eigenvalue weighted by atomic mass is 10.0. The maximum absolute atomic E-state index is 5.79. The highest BCUT2D eigenvalue weighted by Gasteiger charge is 2.10. The number of furan rings is 1. The van der Waals surface area contributed by atoms with Crippen molar-refractivity contribution in [1.29, 1.82) is 0 Å². The fourth-order valence-corrected chi connectivity index (χ4v) is 2.17. The lowest BCUT2D eigenvalue weighted by Gasteiger charge is -2.04. The van der Waals surface area contributed by atoms with Crippen LogP contribution in [-0.4, -0.2) is 4.98 Å². The molecule has 2 aromatic heterocycles. The molecular weight excluding hydrogens is 266 g/mol. The Hall–Kier alpha value is -1.35. The van der Waals surface area contributed by atoms with Gasteiger partial charge in [0.1, 0.15) is 11.3 Å². The average molecular weight is 276 g/mol. The van der Waals surface area contributed by atoms with Gasteiger partial charge in [-0.1, -0.05) is 18.2 Å². The number of allylic oxidation sites excluding steroid dienone is 4. The molecule has 1 aliphatic rings. The van der Waals surface area contributed by atoms with E-state index in [-0.39, 0.29) is 0 Å². The number of fused-ring (bicyclic) bond motifs is 1. The second-order valence-corrected chi connectivity index (χ2v) is 4.72. The van der Waals surface area contributed by atoms with Crippen LogP contribution in [0.15, 0.2) is 45.4 Å². The van der Waals surface area contributed by atoms with E-state index in [0.29, 0.717) is 0 Å². The molecule has 0 fully saturated rings. The van der Waals surface area contributed by atoms with E-state index in [1.807, 2.05) is 12.1 Å². The molecule has 0 amide bonds. The van der Waals surface area contributed by atoms with Crippen molar-refractivity contribution in [3.05, 3.63) is 46.8 Å². The summed E-state index contributed by atoms with van der Waals surface area (Å²) < 4.78 is 6.74. The van der Waals surface area contributed by atoms with E-state index in [4.69, 9.17) is 4.42 Å². The highest BCUT2D eigenvalue weighted by Crippen LogP contribution is 2.29. The number of hydrogen-bond acceptors (Lipinski definition) is 2. The van der Waals surface area contributed by atoms with E-state index in [0.717, 1.165) is 34.2 Å². The molecule has 3 rings (SSSR count). The quantitative estimate of drug-likeness (QED) is 0.775. The smallest absolute Gasteiger partial charge is 0.154 e. The average Bonchev–Trinajstić information content (AvgIpc) is 2.73. The van der Waals surface area contributed by atoms with Crippen LogP contribution in [0.4, 0.5) is 0 Å². The van der Waals surface area contributed by atoms with Crippen LogP contribution in [0.3, 0.4) is 0 Å². The summed E-state index contributed by atoms with van der Waals surface area (Å²) in [4.78, 5) is 4.31. The lowest BCUT2D eigenvalue weighted by molar-refractivity contribution is 0.595. The molecule has 0 radical (unpaired) electrons. The summed E-state index contributed by atoms with van der Waals surface area (Å²) in [5.41, 5.74) is 2.99. The molecule has 1 aliphatic carbocycles. The zero-order valence-electron chi connectivity index (χ0n) is 8.61. The normalized spacial score (nSPS) is 15.4. The predicted octanol–water partition coefficient (Wildman–Crippen LogP) is 4.32. The molecule has 80 valence electrons. The second-order valence-electron chi connectivity index (χ2n) is 3.81. The molecule has 3 heteroatoms. The van der Waals surface area contributed by atoms with Gasteiger partial charge in [0.2, 0.25) is 0 Å². The van der Waals surface area contributed by atoms with Gasteiger partial charge in [0.15, 0.2) is 5.58 Å². The zero-order chi connectivity index (χ0) is 11.0. The van der Waals surface area contributed by atoms with Crippen LogP contribution in [0.1, 0.15) is 18.6 Å². The molecule has 0 atom stereocenters. The Morgan fingerprint density at radius 3 is 3.06 bits per heavy atom. The Bertz CT molecular complexity index is 595. The fraction of sp³-hybridized carbons (Fsp3) is 0.154. The summed E-state index contributed by atoms with van der Waals surface area (Å²) in [7, 11) is 0. The maximum atomic E-state index is 5.79. The van der Waals surface area contributed by atoms with Crippen LogP contribution in [0, 0.1) is 0 Å². The standard InChI is InChI=1S/C13H10BrNO/c14-10-6-13-11(15-8-10)7-12(16-13)9-4-2-1-3-5-9/h1-2,4,6-8H,3,5H2. The third kappa shape index (κ3) is 1.71. The Kier molecular flexibility index (Phi) is 2.40. The van der Waals surface area contributed by atoms with Crippen LogP contribution < -0.4 is 0 Å². The van der Waals surface area contributed by atoms with Gasteiger partial charge in [0.25, 0.3) is 0 Å².